The molecule has 0 N–H and O–H groups in total. The van der Waals surface area contributed by atoms with Gasteiger partial charge in [0.1, 0.15) is 20.6 Å². The van der Waals surface area contributed by atoms with Crippen LogP contribution in [0.5, 0.6) is 0 Å². The Kier molecular flexibility index (Phi) is 7.21. The van der Waals surface area contributed by atoms with Crippen LogP contribution >= 0.6 is 0 Å². The Labute approximate surface area is 140 Å². The van der Waals surface area contributed by atoms with Gasteiger partial charge in [0, 0.05) is 27.7 Å². The number of esters is 4. The molecule has 0 aliphatic carbocycles. The first-order chi connectivity index (χ1) is 11.1. The van der Waals surface area contributed by atoms with Gasteiger partial charge in [0.2, 0.25) is 0 Å². The van der Waals surface area contributed by atoms with E-state index in [-0.39, 0.29) is 6.61 Å². The summed E-state index contributed by atoms with van der Waals surface area (Å²) in [6, 6.07) is -1.18. The standard InChI is InChI=1S/C14H19BO9/c1-6(16)20-5-10-11(21-7(2)17)12(22-8(3)18)13(14(15)24-10)23-9(4)19/h10-14H,5H2,1-4H3/t10-,11-,12+,13-,14+/m1/s1. The molecule has 1 saturated heterocycles. The monoisotopic (exact) mass is 342 g/mol. The van der Waals surface area contributed by atoms with Crippen molar-refractivity contribution in [3.63, 3.8) is 0 Å². The Morgan fingerprint density at radius 2 is 1.25 bits per heavy atom. The molecule has 1 heterocycles. The smallest absolute Gasteiger partial charge is 0.303 e. The summed E-state index contributed by atoms with van der Waals surface area (Å²) >= 11 is 0. The zero-order chi connectivity index (χ0) is 18.4. The lowest BCUT2D eigenvalue weighted by molar-refractivity contribution is -0.239. The van der Waals surface area contributed by atoms with Gasteiger partial charge in [0.15, 0.2) is 18.3 Å². The molecule has 9 nitrogen and oxygen atoms in total. The van der Waals surface area contributed by atoms with Gasteiger partial charge >= 0.3 is 23.9 Å². The normalized spacial score (nSPS) is 29.2. The highest BCUT2D eigenvalue weighted by Gasteiger charge is 2.50. The molecule has 0 spiro atoms. The van der Waals surface area contributed by atoms with E-state index in [9.17, 15) is 19.2 Å². The molecule has 0 saturated carbocycles. The summed E-state index contributed by atoms with van der Waals surface area (Å²) in [6.07, 6.45) is -4.57. The first kappa shape index (κ1) is 20.0. The van der Waals surface area contributed by atoms with Crippen LogP contribution < -0.4 is 0 Å². The molecule has 1 aliphatic heterocycles. The van der Waals surface area contributed by atoms with E-state index in [0.29, 0.717) is 0 Å². The van der Waals surface area contributed by atoms with Crippen LogP contribution in [0.3, 0.4) is 0 Å². The van der Waals surface area contributed by atoms with Crippen molar-refractivity contribution in [1.82, 2.24) is 0 Å². The van der Waals surface area contributed by atoms with Crippen molar-refractivity contribution in [3.8, 4) is 0 Å². The first-order valence-corrected chi connectivity index (χ1v) is 7.18. The number of ether oxygens (including phenoxy) is 5. The fraction of sp³-hybridized carbons (Fsp3) is 0.714. The zero-order valence-electron chi connectivity index (χ0n) is 13.8. The maximum atomic E-state index is 11.4. The van der Waals surface area contributed by atoms with Gasteiger partial charge in [0.25, 0.3) is 0 Å². The summed E-state index contributed by atoms with van der Waals surface area (Å²) < 4.78 is 25.6. The van der Waals surface area contributed by atoms with E-state index in [2.05, 4.69) is 0 Å². The highest BCUT2D eigenvalue weighted by Crippen LogP contribution is 2.27. The van der Waals surface area contributed by atoms with Crippen LogP contribution in [0.15, 0.2) is 0 Å². The van der Waals surface area contributed by atoms with E-state index in [1.54, 1.807) is 0 Å². The fourth-order valence-corrected chi connectivity index (χ4v) is 2.26. The van der Waals surface area contributed by atoms with E-state index in [4.69, 9.17) is 31.5 Å². The second kappa shape index (κ2) is 8.67. The molecular formula is C14H19BO9. The molecule has 132 valence electrons. The summed E-state index contributed by atoms with van der Waals surface area (Å²) in [5.41, 5.74) is 0. The van der Waals surface area contributed by atoms with Gasteiger partial charge in [-0.05, 0) is 0 Å². The highest BCUT2D eigenvalue weighted by molar-refractivity contribution is 6.11. The molecule has 1 rings (SSSR count). The number of carbonyl (C=O) groups is 4. The van der Waals surface area contributed by atoms with E-state index in [0.717, 1.165) is 20.8 Å². The Balaban J connectivity index is 3.11. The van der Waals surface area contributed by atoms with Crippen LogP contribution in [-0.4, -0.2) is 68.7 Å². The number of hydrogen-bond donors (Lipinski definition) is 0. The maximum absolute atomic E-state index is 11.4. The van der Waals surface area contributed by atoms with E-state index in [1.165, 1.54) is 6.92 Å². The van der Waals surface area contributed by atoms with Gasteiger partial charge in [-0.2, -0.15) is 0 Å². The minimum absolute atomic E-state index is 0.286. The van der Waals surface area contributed by atoms with Crippen LogP contribution in [0.25, 0.3) is 0 Å². The Morgan fingerprint density at radius 1 is 0.792 bits per heavy atom. The van der Waals surface area contributed by atoms with E-state index < -0.39 is 54.3 Å². The molecule has 0 aromatic carbocycles. The molecule has 24 heavy (non-hydrogen) atoms. The third-order valence-electron chi connectivity index (χ3n) is 3.03. The molecule has 1 aliphatic rings. The average Bonchev–Trinajstić information content (AvgIpc) is 2.42. The highest BCUT2D eigenvalue weighted by atomic mass is 16.7. The largest absolute Gasteiger partial charge is 0.463 e. The summed E-state index contributed by atoms with van der Waals surface area (Å²) in [7, 11) is 5.81. The minimum atomic E-state index is -1.21. The Morgan fingerprint density at radius 3 is 1.71 bits per heavy atom. The first-order valence-electron chi connectivity index (χ1n) is 7.18. The molecule has 1 fully saturated rings. The van der Waals surface area contributed by atoms with Crippen LogP contribution in [0.1, 0.15) is 27.7 Å². The summed E-state index contributed by atoms with van der Waals surface area (Å²) in [5, 5.41) is 0. The third-order valence-corrected chi connectivity index (χ3v) is 3.03. The van der Waals surface area contributed by atoms with Gasteiger partial charge in [-0.3, -0.25) is 19.2 Å². The summed E-state index contributed by atoms with van der Waals surface area (Å²) in [5.74, 6) is -2.66. The lowest BCUT2D eigenvalue weighted by Crippen LogP contribution is -2.62. The lowest BCUT2D eigenvalue weighted by atomic mass is 9.84. The number of rotatable bonds is 5. The summed E-state index contributed by atoms with van der Waals surface area (Å²) in [4.78, 5) is 45.0. The number of carbonyl (C=O) groups excluding carboxylic acids is 4. The van der Waals surface area contributed by atoms with Gasteiger partial charge in [-0.15, -0.1) is 0 Å². The second-order valence-electron chi connectivity index (χ2n) is 5.16. The van der Waals surface area contributed by atoms with Crippen molar-refractivity contribution in [3.05, 3.63) is 0 Å². The SMILES string of the molecule is [B][C@H]1O[C@H](COC(C)=O)[C@@H](OC(C)=O)[C@H](OC(C)=O)[C@H]1OC(C)=O. The Hall–Kier alpha value is -2.10. The zero-order valence-corrected chi connectivity index (χ0v) is 13.8. The molecule has 0 aromatic heterocycles. The van der Waals surface area contributed by atoms with Crippen LogP contribution in [0, 0.1) is 0 Å². The molecule has 0 aromatic rings. The maximum Gasteiger partial charge on any atom is 0.303 e. The van der Waals surface area contributed by atoms with Crippen LogP contribution in [0.2, 0.25) is 0 Å². The molecular weight excluding hydrogens is 323 g/mol. The van der Waals surface area contributed by atoms with Crippen molar-refractivity contribution in [1.29, 1.82) is 0 Å². The predicted octanol–water partition coefficient (Wildman–Crippen LogP) is -0.762. The van der Waals surface area contributed by atoms with Gasteiger partial charge in [-0.25, -0.2) is 0 Å². The molecule has 2 radical (unpaired) electrons. The number of hydrogen-bond acceptors (Lipinski definition) is 9. The molecule has 0 bridgehead atoms. The van der Waals surface area contributed by atoms with E-state index in [1.807, 2.05) is 0 Å². The molecule has 10 heteroatoms. The fourth-order valence-electron chi connectivity index (χ4n) is 2.26. The molecule has 5 atom stereocenters. The van der Waals surface area contributed by atoms with Crippen LogP contribution in [-0.2, 0) is 42.9 Å². The molecule has 0 amide bonds. The van der Waals surface area contributed by atoms with Gasteiger partial charge < -0.3 is 23.7 Å². The van der Waals surface area contributed by atoms with Crippen LogP contribution in [0.4, 0.5) is 0 Å². The van der Waals surface area contributed by atoms with Crippen molar-refractivity contribution in [2.75, 3.05) is 6.61 Å². The van der Waals surface area contributed by atoms with Gasteiger partial charge in [0.05, 0.1) is 6.00 Å². The topological polar surface area (TPSA) is 114 Å². The third kappa shape index (κ3) is 5.84. The van der Waals surface area contributed by atoms with Crippen molar-refractivity contribution in [2.24, 2.45) is 0 Å². The van der Waals surface area contributed by atoms with Gasteiger partial charge in [-0.1, -0.05) is 0 Å². The lowest BCUT2D eigenvalue weighted by Gasteiger charge is -2.43. The minimum Gasteiger partial charge on any atom is -0.463 e. The van der Waals surface area contributed by atoms with Crippen molar-refractivity contribution in [2.45, 2.75) is 58.1 Å². The van der Waals surface area contributed by atoms with E-state index >= 15 is 0 Å². The van der Waals surface area contributed by atoms with Crippen molar-refractivity contribution < 1.29 is 42.9 Å². The summed E-state index contributed by atoms with van der Waals surface area (Å²) in [6.45, 7) is 4.32. The second-order valence-corrected chi connectivity index (χ2v) is 5.16. The quantitative estimate of drug-likeness (QED) is 0.361. The Bertz CT molecular complexity index is 506. The predicted molar refractivity (Wildman–Crippen MR) is 77.7 cm³/mol. The van der Waals surface area contributed by atoms with Crippen molar-refractivity contribution >= 4 is 31.7 Å². The average molecular weight is 342 g/mol. The molecule has 0 unspecified atom stereocenters.